The van der Waals surface area contributed by atoms with Crippen molar-refractivity contribution in [1.82, 2.24) is 0 Å². The molecule has 0 saturated heterocycles. The average molecular weight is 195 g/mol. The van der Waals surface area contributed by atoms with Gasteiger partial charge in [0.15, 0.2) is 0 Å². The summed E-state index contributed by atoms with van der Waals surface area (Å²) in [5.41, 5.74) is 5.99. The molecule has 1 atom stereocenters. The maximum atomic E-state index is 6.03. The maximum Gasteiger partial charge on any atom is 0.103 e. The molecule has 0 aromatic heterocycles. The van der Waals surface area contributed by atoms with E-state index in [4.69, 9.17) is 10.5 Å². The highest BCUT2D eigenvalue weighted by atomic mass is 16.5. The van der Waals surface area contributed by atoms with Crippen molar-refractivity contribution in [2.24, 2.45) is 23.5 Å². The Balaban J connectivity index is 1.80. The second-order valence-electron chi connectivity index (χ2n) is 5.92. The molecule has 0 aromatic carbocycles. The first kappa shape index (κ1) is 9.17. The van der Waals surface area contributed by atoms with E-state index in [1.54, 1.807) is 0 Å². The first-order valence-electron chi connectivity index (χ1n) is 6.09. The first-order valence-corrected chi connectivity index (χ1v) is 6.09. The summed E-state index contributed by atoms with van der Waals surface area (Å²) in [5, 5.41) is 0. The van der Waals surface area contributed by atoms with E-state index in [0.717, 1.165) is 17.8 Å². The van der Waals surface area contributed by atoms with Gasteiger partial charge in [0.05, 0.1) is 5.60 Å². The molecule has 4 aliphatic rings. The monoisotopic (exact) mass is 195 g/mol. The van der Waals surface area contributed by atoms with Crippen LogP contribution in [0.3, 0.4) is 0 Å². The molecule has 4 saturated carbocycles. The zero-order chi connectivity index (χ0) is 9.76. The lowest BCUT2D eigenvalue weighted by molar-refractivity contribution is -0.182. The molecule has 2 heteroatoms. The first-order chi connectivity index (χ1) is 6.65. The van der Waals surface area contributed by atoms with Gasteiger partial charge in [0.2, 0.25) is 0 Å². The number of rotatable bonds is 2. The Hall–Kier alpha value is -0.0800. The molecule has 80 valence electrons. The van der Waals surface area contributed by atoms with Gasteiger partial charge < -0.3 is 10.5 Å². The third kappa shape index (κ3) is 1.40. The van der Waals surface area contributed by atoms with Crippen LogP contribution in [0.5, 0.6) is 0 Å². The molecule has 14 heavy (non-hydrogen) atoms. The third-order valence-electron chi connectivity index (χ3n) is 4.42. The van der Waals surface area contributed by atoms with E-state index in [0.29, 0.717) is 0 Å². The van der Waals surface area contributed by atoms with Crippen molar-refractivity contribution in [3.63, 3.8) is 0 Å². The van der Waals surface area contributed by atoms with Gasteiger partial charge >= 0.3 is 0 Å². The van der Waals surface area contributed by atoms with Gasteiger partial charge in [0.1, 0.15) is 6.23 Å². The van der Waals surface area contributed by atoms with Crippen molar-refractivity contribution in [2.45, 2.75) is 57.3 Å². The topological polar surface area (TPSA) is 35.2 Å². The molecule has 0 amide bonds. The van der Waals surface area contributed by atoms with Crippen LogP contribution in [0, 0.1) is 17.8 Å². The number of nitrogens with two attached hydrogens (primary N) is 1. The quantitative estimate of drug-likeness (QED) is 0.686. The molecule has 2 nitrogen and oxygen atoms in total. The SMILES string of the molecule is CC(N)OC12CC3CC(CC(C3)C1)C2. The van der Waals surface area contributed by atoms with Crippen molar-refractivity contribution >= 4 is 0 Å². The summed E-state index contributed by atoms with van der Waals surface area (Å²) in [7, 11) is 0. The summed E-state index contributed by atoms with van der Waals surface area (Å²) in [6, 6.07) is 0. The second kappa shape index (κ2) is 2.96. The van der Waals surface area contributed by atoms with E-state index < -0.39 is 0 Å². The number of hydrogen-bond donors (Lipinski definition) is 1. The third-order valence-corrected chi connectivity index (χ3v) is 4.42. The minimum absolute atomic E-state index is 0.0775. The minimum atomic E-state index is -0.0775. The Morgan fingerprint density at radius 3 is 1.86 bits per heavy atom. The standard InChI is InChI=1S/C12H21NO/c1-8(13)14-12-5-9-2-10(6-12)4-11(3-9)7-12/h8-11H,2-7,13H2,1H3. The molecule has 4 rings (SSSR count). The highest BCUT2D eigenvalue weighted by molar-refractivity contribution is 5.03. The summed E-state index contributed by atoms with van der Waals surface area (Å²) in [5.74, 6) is 2.87. The maximum absolute atomic E-state index is 6.03. The molecule has 0 spiro atoms. The van der Waals surface area contributed by atoms with E-state index in [9.17, 15) is 0 Å². The van der Waals surface area contributed by atoms with Crippen LogP contribution in [-0.2, 0) is 4.74 Å². The van der Waals surface area contributed by atoms with Gasteiger partial charge in [-0.1, -0.05) is 0 Å². The highest BCUT2D eigenvalue weighted by Crippen LogP contribution is 2.57. The zero-order valence-corrected chi connectivity index (χ0v) is 9.04. The molecular weight excluding hydrogens is 174 g/mol. The van der Waals surface area contributed by atoms with Crippen LogP contribution in [-0.4, -0.2) is 11.8 Å². The van der Waals surface area contributed by atoms with Crippen LogP contribution in [0.2, 0.25) is 0 Å². The Labute approximate surface area is 86.2 Å². The van der Waals surface area contributed by atoms with Gasteiger partial charge in [-0.25, -0.2) is 0 Å². The van der Waals surface area contributed by atoms with E-state index in [2.05, 4.69) is 0 Å². The summed E-state index contributed by atoms with van der Waals surface area (Å²) in [6.07, 6.45) is 8.22. The van der Waals surface area contributed by atoms with Crippen LogP contribution in [0.1, 0.15) is 45.4 Å². The van der Waals surface area contributed by atoms with Crippen molar-refractivity contribution in [3.8, 4) is 0 Å². The van der Waals surface area contributed by atoms with Crippen LogP contribution >= 0.6 is 0 Å². The van der Waals surface area contributed by atoms with Crippen LogP contribution < -0.4 is 5.73 Å². The molecule has 1 unspecified atom stereocenters. The lowest BCUT2D eigenvalue weighted by Crippen LogP contribution is -2.53. The van der Waals surface area contributed by atoms with Crippen LogP contribution in [0.4, 0.5) is 0 Å². The minimum Gasteiger partial charge on any atom is -0.357 e. The van der Waals surface area contributed by atoms with Gasteiger partial charge in [0.25, 0.3) is 0 Å². The Bertz CT molecular complexity index is 195. The normalized spacial score (nSPS) is 52.3. The lowest BCUT2D eigenvalue weighted by atomic mass is 9.54. The zero-order valence-electron chi connectivity index (χ0n) is 9.04. The summed E-state index contributed by atoms with van der Waals surface area (Å²) < 4.78 is 6.03. The number of hydrogen-bond acceptors (Lipinski definition) is 2. The van der Waals surface area contributed by atoms with E-state index >= 15 is 0 Å². The second-order valence-corrected chi connectivity index (χ2v) is 5.92. The molecule has 0 aliphatic heterocycles. The van der Waals surface area contributed by atoms with Gasteiger partial charge in [-0.05, 0) is 63.2 Å². The van der Waals surface area contributed by atoms with Crippen molar-refractivity contribution < 1.29 is 4.74 Å². The molecule has 4 bridgehead atoms. The Morgan fingerprint density at radius 1 is 1.07 bits per heavy atom. The van der Waals surface area contributed by atoms with Crippen molar-refractivity contribution in [1.29, 1.82) is 0 Å². The lowest BCUT2D eigenvalue weighted by Gasteiger charge is -2.56. The molecule has 4 fully saturated rings. The fourth-order valence-electron chi connectivity index (χ4n) is 4.57. The Morgan fingerprint density at radius 2 is 1.50 bits per heavy atom. The molecule has 0 aromatic rings. The fraction of sp³-hybridized carbons (Fsp3) is 1.00. The van der Waals surface area contributed by atoms with Crippen LogP contribution in [0.25, 0.3) is 0 Å². The van der Waals surface area contributed by atoms with Gasteiger partial charge in [-0.3, -0.25) is 0 Å². The fourth-order valence-corrected chi connectivity index (χ4v) is 4.57. The van der Waals surface area contributed by atoms with Gasteiger partial charge in [0, 0.05) is 0 Å². The number of ether oxygens (including phenoxy) is 1. The van der Waals surface area contributed by atoms with Gasteiger partial charge in [-0.2, -0.15) is 0 Å². The summed E-state index contributed by atoms with van der Waals surface area (Å²) in [6.45, 7) is 1.97. The summed E-state index contributed by atoms with van der Waals surface area (Å²) in [4.78, 5) is 0. The smallest absolute Gasteiger partial charge is 0.103 e. The molecule has 4 aliphatic carbocycles. The van der Waals surface area contributed by atoms with E-state index in [-0.39, 0.29) is 11.8 Å². The van der Waals surface area contributed by atoms with Crippen molar-refractivity contribution in [2.75, 3.05) is 0 Å². The Kier molecular flexibility index (Phi) is 1.94. The molecule has 0 heterocycles. The molecular formula is C12H21NO. The average Bonchev–Trinajstić information content (AvgIpc) is 1.96. The predicted octanol–water partition coefficient (Wildman–Crippen LogP) is 2.28. The van der Waals surface area contributed by atoms with Gasteiger partial charge in [-0.15, -0.1) is 0 Å². The van der Waals surface area contributed by atoms with Crippen LogP contribution in [0.15, 0.2) is 0 Å². The largest absolute Gasteiger partial charge is 0.357 e. The van der Waals surface area contributed by atoms with E-state index in [1.807, 2.05) is 6.92 Å². The highest BCUT2D eigenvalue weighted by Gasteiger charge is 2.51. The molecule has 2 N–H and O–H groups in total. The predicted molar refractivity (Wildman–Crippen MR) is 55.6 cm³/mol. The summed E-state index contributed by atoms with van der Waals surface area (Å²) >= 11 is 0. The van der Waals surface area contributed by atoms with E-state index in [1.165, 1.54) is 38.5 Å². The van der Waals surface area contributed by atoms with Crippen molar-refractivity contribution in [3.05, 3.63) is 0 Å². The molecule has 0 radical (unpaired) electrons.